The number of hydrogen-bond donors (Lipinski definition) is 1. The fourth-order valence-electron chi connectivity index (χ4n) is 4.97. The molecule has 4 aromatic rings. The number of nitrogens with one attached hydrogen (secondary N) is 1. The summed E-state index contributed by atoms with van der Waals surface area (Å²) in [5, 5.41) is 0. The summed E-state index contributed by atoms with van der Waals surface area (Å²) in [6, 6.07) is 18.6. The Labute approximate surface area is 197 Å². The monoisotopic (exact) mass is 460 g/mol. The van der Waals surface area contributed by atoms with Gasteiger partial charge in [-0.3, -0.25) is 4.79 Å². The third-order valence-corrected chi connectivity index (χ3v) is 6.91. The molecule has 3 aromatic carbocycles. The maximum atomic E-state index is 14.0. The molecule has 0 aliphatic heterocycles. The van der Waals surface area contributed by atoms with Crippen LogP contribution in [0, 0.1) is 17.6 Å². The first-order valence-corrected chi connectivity index (χ1v) is 11.6. The summed E-state index contributed by atoms with van der Waals surface area (Å²) in [7, 11) is 1.45. The van der Waals surface area contributed by atoms with Crippen molar-refractivity contribution in [2.75, 3.05) is 7.11 Å². The van der Waals surface area contributed by atoms with Gasteiger partial charge in [0, 0.05) is 18.1 Å². The molecule has 1 saturated carbocycles. The number of carbonyl (C=O) groups is 1. The van der Waals surface area contributed by atoms with Crippen LogP contribution in [-0.4, -0.2) is 23.0 Å². The number of methoxy groups -OCH3 is 1. The van der Waals surface area contributed by atoms with Gasteiger partial charge in [0.1, 0.15) is 17.2 Å². The molecule has 0 amide bonds. The highest BCUT2D eigenvalue weighted by Crippen LogP contribution is 2.38. The Hall–Kier alpha value is -3.54. The van der Waals surface area contributed by atoms with Gasteiger partial charge in [0.15, 0.2) is 5.82 Å². The zero-order valence-electron chi connectivity index (χ0n) is 19.0. The molecule has 1 aliphatic carbocycles. The highest BCUT2D eigenvalue weighted by molar-refractivity contribution is 5.80. The number of carbonyl (C=O) groups excluding carboxylic acids is 1. The predicted octanol–water partition coefficient (Wildman–Crippen LogP) is 7.01. The molecule has 1 fully saturated rings. The zero-order chi connectivity index (χ0) is 23.7. The summed E-state index contributed by atoms with van der Waals surface area (Å²) >= 11 is 0. The van der Waals surface area contributed by atoms with Crippen LogP contribution in [-0.2, 0) is 9.53 Å². The molecule has 0 unspecified atom stereocenters. The number of fused-ring (bicyclic) bond motifs is 1. The lowest BCUT2D eigenvalue weighted by Crippen LogP contribution is -2.17. The minimum atomic E-state index is -0.675. The highest BCUT2D eigenvalue weighted by atomic mass is 19.1. The second kappa shape index (κ2) is 9.37. The van der Waals surface area contributed by atoms with Crippen molar-refractivity contribution >= 4 is 17.0 Å². The Morgan fingerprint density at radius 3 is 2.21 bits per heavy atom. The van der Waals surface area contributed by atoms with E-state index in [0.717, 1.165) is 48.4 Å². The van der Waals surface area contributed by atoms with E-state index in [1.54, 1.807) is 0 Å². The van der Waals surface area contributed by atoms with Crippen molar-refractivity contribution < 1.29 is 18.3 Å². The number of imidazole rings is 1. The van der Waals surface area contributed by atoms with Gasteiger partial charge < -0.3 is 9.72 Å². The van der Waals surface area contributed by atoms with Gasteiger partial charge in [-0.05, 0) is 60.3 Å². The smallest absolute Gasteiger partial charge is 0.305 e. The summed E-state index contributed by atoms with van der Waals surface area (Å²) in [4.78, 5) is 18.8. The second-order valence-corrected chi connectivity index (χ2v) is 9.07. The number of rotatable bonds is 5. The van der Waals surface area contributed by atoms with Gasteiger partial charge in [-0.25, -0.2) is 13.8 Å². The van der Waals surface area contributed by atoms with Crippen LogP contribution in [0.15, 0.2) is 60.7 Å². The Morgan fingerprint density at radius 2 is 1.56 bits per heavy atom. The van der Waals surface area contributed by atoms with Crippen LogP contribution < -0.4 is 0 Å². The van der Waals surface area contributed by atoms with E-state index in [1.807, 2.05) is 24.3 Å². The minimum Gasteiger partial charge on any atom is -0.469 e. The zero-order valence-corrected chi connectivity index (χ0v) is 19.0. The number of ether oxygens (including phenoxy) is 1. The van der Waals surface area contributed by atoms with E-state index in [9.17, 15) is 13.6 Å². The van der Waals surface area contributed by atoms with Gasteiger partial charge in [-0.2, -0.15) is 0 Å². The van der Waals surface area contributed by atoms with Crippen molar-refractivity contribution in [3.8, 4) is 22.5 Å². The second-order valence-electron chi connectivity index (χ2n) is 9.07. The molecule has 0 atom stereocenters. The Morgan fingerprint density at radius 1 is 0.941 bits per heavy atom. The fourth-order valence-corrected chi connectivity index (χ4v) is 4.97. The van der Waals surface area contributed by atoms with Gasteiger partial charge in [-0.1, -0.05) is 48.5 Å². The molecule has 5 rings (SSSR count). The third kappa shape index (κ3) is 4.58. The highest BCUT2D eigenvalue weighted by Gasteiger charge is 2.24. The lowest BCUT2D eigenvalue weighted by atomic mass is 9.77. The van der Waals surface area contributed by atoms with Crippen LogP contribution in [0.2, 0.25) is 0 Å². The maximum Gasteiger partial charge on any atom is 0.305 e. The number of halogens is 2. The molecule has 0 bridgehead atoms. The van der Waals surface area contributed by atoms with Crippen LogP contribution in [0.25, 0.3) is 33.5 Å². The van der Waals surface area contributed by atoms with Crippen LogP contribution >= 0.6 is 0 Å². The van der Waals surface area contributed by atoms with E-state index in [2.05, 4.69) is 34.2 Å². The van der Waals surface area contributed by atoms with E-state index in [4.69, 9.17) is 4.74 Å². The van der Waals surface area contributed by atoms with Gasteiger partial charge in [-0.15, -0.1) is 0 Å². The maximum absolute atomic E-state index is 14.0. The number of esters is 1. The van der Waals surface area contributed by atoms with Crippen LogP contribution in [0.3, 0.4) is 0 Å². The van der Waals surface area contributed by atoms with Crippen LogP contribution in [0.4, 0.5) is 8.78 Å². The molecule has 34 heavy (non-hydrogen) atoms. The average molecular weight is 461 g/mol. The molecule has 1 N–H and O–H groups in total. The van der Waals surface area contributed by atoms with Crippen molar-refractivity contribution in [1.29, 1.82) is 0 Å². The minimum absolute atomic E-state index is 0.111. The van der Waals surface area contributed by atoms with Gasteiger partial charge >= 0.3 is 5.97 Å². The van der Waals surface area contributed by atoms with Crippen LogP contribution in [0.5, 0.6) is 0 Å². The van der Waals surface area contributed by atoms with Crippen molar-refractivity contribution in [3.63, 3.8) is 0 Å². The molecular formula is C28H26F2N2O2. The molecule has 174 valence electrons. The third-order valence-electron chi connectivity index (χ3n) is 6.91. The van der Waals surface area contributed by atoms with Gasteiger partial charge in [0.2, 0.25) is 0 Å². The van der Waals surface area contributed by atoms with Gasteiger partial charge in [0.05, 0.1) is 12.6 Å². The topological polar surface area (TPSA) is 55.0 Å². The van der Waals surface area contributed by atoms with Crippen molar-refractivity contribution in [1.82, 2.24) is 9.97 Å². The standard InChI is InChI=1S/C28H26F2N2O2/c1-34-26(33)14-17-2-4-18(5-3-17)19-6-8-20(9-7-19)21-10-12-22(13-11-21)28-31-25-16-23(29)15-24(30)27(25)32-28/h6-13,15-18H,2-5,14H2,1H3,(H,31,32). The summed E-state index contributed by atoms with van der Waals surface area (Å²) in [6.45, 7) is 0. The van der Waals surface area contributed by atoms with E-state index in [0.29, 0.717) is 29.6 Å². The molecule has 0 spiro atoms. The molecule has 1 heterocycles. The van der Waals surface area contributed by atoms with E-state index < -0.39 is 11.6 Å². The number of nitrogens with zero attached hydrogens (tertiary/aromatic N) is 1. The fraction of sp³-hybridized carbons (Fsp3) is 0.286. The number of benzene rings is 3. The van der Waals surface area contributed by atoms with Crippen molar-refractivity contribution in [3.05, 3.63) is 77.9 Å². The summed E-state index contributed by atoms with van der Waals surface area (Å²) < 4.78 is 32.2. The molecule has 6 heteroatoms. The SMILES string of the molecule is COC(=O)CC1CCC(c2ccc(-c3ccc(-c4nc5c(F)cc(F)cc5[nH]4)cc3)cc2)CC1. The summed E-state index contributed by atoms with van der Waals surface area (Å²) in [5.41, 5.74) is 4.81. The molecule has 4 nitrogen and oxygen atoms in total. The Bertz CT molecular complexity index is 1310. The largest absolute Gasteiger partial charge is 0.469 e. The van der Waals surface area contributed by atoms with Gasteiger partial charge in [0.25, 0.3) is 0 Å². The quantitative estimate of drug-likeness (QED) is 0.326. The van der Waals surface area contributed by atoms with E-state index in [1.165, 1.54) is 18.7 Å². The Balaban J connectivity index is 1.26. The molecule has 1 aliphatic rings. The summed E-state index contributed by atoms with van der Waals surface area (Å²) in [5.74, 6) is 0.0520. The number of hydrogen-bond acceptors (Lipinski definition) is 3. The Kier molecular flexibility index (Phi) is 6.14. The molecular weight excluding hydrogens is 434 g/mol. The van der Waals surface area contributed by atoms with Crippen molar-refractivity contribution in [2.45, 2.75) is 38.0 Å². The molecule has 0 radical (unpaired) electrons. The lowest BCUT2D eigenvalue weighted by molar-refractivity contribution is -0.142. The summed E-state index contributed by atoms with van der Waals surface area (Å²) in [6.07, 6.45) is 4.83. The van der Waals surface area contributed by atoms with Crippen molar-refractivity contribution in [2.24, 2.45) is 5.92 Å². The van der Waals surface area contributed by atoms with E-state index in [-0.39, 0.29) is 11.5 Å². The first kappa shape index (κ1) is 22.3. The molecule has 1 aromatic heterocycles. The normalized spacial score (nSPS) is 18.2. The van der Waals surface area contributed by atoms with Crippen LogP contribution in [0.1, 0.15) is 43.6 Å². The first-order chi connectivity index (χ1) is 16.5. The average Bonchev–Trinajstić information content (AvgIpc) is 3.29. The lowest BCUT2D eigenvalue weighted by Gasteiger charge is -2.28. The number of aromatic amines is 1. The van der Waals surface area contributed by atoms with E-state index >= 15 is 0 Å². The predicted molar refractivity (Wildman–Crippen MR) is 128 cm³/mol. The molecule has 0 saturated heterocycles. The number of aromatic nitrogens is 2. The first-order valence-electron chi connectivity index (χ1n) is 11.6. The number of H-pyrrole nitrogens is 1.